The van der Waals surface area contributed by atoms with Crippen molar-refractivity contribution in [3.8, 4) is 0 Å². The van der Waals surface area contributed by atoms with Crippen molar-refractivity contribution in [2.75, 3.05) is 37.1 Å². The van der Waals surface area contributed by atoms with Crippen molar-refractivity contribution in [1.29, 1.82) is 0 Å². The standard InChI is InChI=1S/C20H22F2N6O2/c21-14-2-1-3-15(22)17(14)26-20-25-16-10-23-19(24-12-4-7-29-8-5-12)27-18(16)28(20)13-6-9-30-11-13/h1-3,10,12-13H,4-9,11H2,(H,25,26)(H,23,24,27)/t13-/m1/s1. The average molecular weight is 416 g/mol. The van der Waals surface area contributed by atoms with Gasteiger partial charge in [0, 0.05) is 25.9 Å². The zero-order chi connectivity index (χ0) is 20.5. The zero-order valence-electron chi connectivity index (χ0n) is 16.3. The van der Waals surface area contributed by atoms with Crippen LogP contribution in [0, 0.1) is 11.6 Å². The molecule has 0 aliphatic carbocycles. The molecule has 5 rings (SSSR count). The van der Waals surface area contributed by atoms with Crippen molar-refractivity contribution >= 4 is 28.7 Å². The average Bonchev–Trinajstić information content (AvgIpc) is 3.39. The first-order valence-electron chi connectivity index (χ1n) is 10.1. The van der Waals surface area contributed by atoms with E-state index in [-0.39, 0.29) is 17.8 Å². The highest BCUT2D eigenvalue weighted by Crippen LogP contribution is 2.31. The summed E-state index contributed by atoms with van der Waals surface area (Å²) >= 11 is 0. The predicted molar refractivity (Wildman–Crippen MR) is 107 cm³/mol. The van der Waals surface area contributed by atoms with Gasteiger partial charge < -0.3 is 20.1 Å². The van der Waals surface area contributed by atoms with E-state index in [1.165, 1.54) is 18.2 Å². The van der Waals surface area contributed by atoms with Gasteiger partial charge in [0.25, 0.3) is 0 Å². The number of hydrogen-bond acceptors (Lipinski definition) is 7. The normalized spacial score (nSPS) is 20.0. The van der Waals surface area contributed by atoms with Gasteiger partial charge in [-0.3, -0.25) is 4.57 Å². The molecule has 0 radical (unpaired) electrons. The summed E-state index contributed by atoms with van der Waals surface area (Å²) in [6.45, 7) is 2.50. The molecule has 1 aromatic carbocycles. The number of para-hydroxylation sites is 1. The molecule has 0 bridgehead atoms. The van der Waals surface area contributed by atoms with Crippen LogP contribution in [0.1, 0.15) is 25.3 Å². The number of fused-ring (bicyclic) bond motifs is 1. The van der Waals surface area contributed by atoms with Crippen molar-refractivity contribution in [1.82, 2.24) is 19.5 Å². The summed E-state index contributed by atoms with van der Waals surface area (Å²) in [5, 5.41) is 6.17. The second kappa shape index (κ2) is 8.11. The van der Waals surface area contributed by atoms with Crippen LogP contribution in [-0.4, -0.2) is 52.0 Å². The maximum absolute atomic E-state index is 14.2. The van der Waals surface area contributed by atoms with Gasteiger partial charge in [0.2, 0.25) is 11.9 Å². The van der Waals surface area contributed by atoms with Crippen LogP contribution in [-0.2, 0) is 9.47 Å². The largest absolute Gasteiger partial charge is 0.381 e. The number of rotatable bonds is 5. The SMILES string of the molecule is Fc1cccc(F)c1Nc1nc2cnc(NC3CCOCC3)nc2n1[C@@H]1CCOC1. The quantitative estimate of drug-likeness (QED) is 0.659. The lowest BCUT2D eigenvalue weighted by molar-refractivity contribution is 0.0903. The number of imidazole rings is 1. The lowest BCUT2D eigenvalue weighted by Crippen LogP contribution is -2.28. The molecule has 0 unspecified atom stereocenters. The first kappa shape index (κ1) is 19.1. The van der Waals surface area contributed by atoms with Crippen molar-refractivity contribution in [3.63, 3.8) is 0 Å². The minimum absolute atomic E-state index is 0.0434. The van der Waals surface area contributed by atoms with Gasteiger partial charge in [0.1, 0.15) is 22.8 Å². The van der Waals surface area contributed by atoms with Crippen LogP contribution >= 0.6 is 0 Å². The number of aromatic nitrogens is 4. The van der Waals surface area contributed by atoms with Gasteiger partial charge in [-0.2, -0.15) is 4.98 Å². The molecule has 0 saturated carbocycles. The topological polar surface area (TPSA) is 86.1 Å². The molecule has 158 valence electrons. The number of hydrogen-bond donors (Lipinski definition) is 2. The van der Waals surface area contributed by atoms with E-state index in [2.05, 4.69) is 25.6 Å². The number of ether oxygens (including phenoxy) is 2. The lowest BCUT2D eigenvalue weighted by atomic mass is 10.1. The summed E-state index contributed by atoms with van der Waals surface area (Å²) in [5.74, 6) is -0.575. The molecule has 2 N–H and O–H groups in total. The molecular formula is C20H22F2N6O2. The molecule has 8 nitrogen and oxygen atoms in total. The minimum atomic E-state index is -0.691. The molecule has 2 saturated heterocycles. The molecular weight excluding hydrogens is 394 g/mol. The third kappa shape index (κ3) is 3.68. The second-order valence-corrected chi connectivity index (χ2v) is 7.48. The summed E-state index contributed by atoms with van der Waals surface area (Å²) in [5.41, 5.74) is 0.884. The van der Waals surface area contributed by atoms with Crippen LogP contribution in [0.25, 0.3) is 11.2 Å². The molecule has 2 aliphatic heterocycles. The van der Waals surface area contributed by atoms with Gasteiger partial charge >= 0.3 is 0 Å². The van der Waals surface area contributed by atoms with Crippen LogP contribution in [0.2, 0.25) is 0 Å². The fraction of sp³-hybridized carbons (Fsp3) is 0.450. The number of anilines is 3. The van der Waals surface area contributed by atoms with E-state index in [4.69, 9.17) is 9.47 Å². The van der Waals surface area contributed by atoms with Gasteiger partial charge in [-0.25, -0.2) is 18.7 Å². The van der Waals surface area contributed by atoms with E-state index in [9.17, 15) is 8.78 Å². The zero-order valence-corrected chi connectivity index (χ0v) is 16.3. The highest BCUT2D eigenvalue weighted by atomic mass is 19.1. The van der Waals surface area contributed by atoms with Crippen LogP contribution < -0.4 is 10.6 Å². The molecule has 10 heteroatoms. The van der Waals surface area contributed by atoms with E-state index in [0.29, 0.717) is 49.5 Å². The minimum Gasteiger partial charge on any atom is -0.381 e. The summed E-state index contributed by atoms with van der Waals surface area (Å²) in [6.07, 6.45) is 4.15. The predicted octanol–water partition coefficient (Wildman–Crippen LogP) is 3.40. The van der Waals surface area contributed by atoms with Crippen LogP contribution in [0.15, 0.2) is 24.4 Å². The van der Waals surface area contributed by atoms with Crippen molar-refractivity contribution < 1.29 is 18.3 Å². The lowest BCUT2D eigenvalue weighted by Gasteiger charge is -2.23. The van der Waals surface area contributed by atoms with E-state index in [1.54, 1.807) is 6.20 Å². The van der Waals surface area contributed by atoms with Crippen molar-refractivity contribution in [2.45, 2.75) is 31.3 Å². The molecule has 2 aromatic heterocycles. The molecule has 3 aromatic rings. The molecule has 2 fully saturated rings. The summed E-state index contributed by atoms with van der Waals surface area (Å²) in [7, 11) is 0. The van der Waals surface area contributed by atoms with Crippen LogP contribution in [0.4, 0.5) is 26.4 Å². The Hall–Kier alpha value is -2.85. The van der Waals surface area contributed by atoms with Gasteiger partial charge in [0.15, 0.2) is 5.65 Å². The third-order valence-corrected chi connectivity index (χ3v) is 5.46. The monoisotopic (exact) mass is 416 g/mol. The maximum atomic E-state index is 14.2. The fourth-order valence-electron chi connectivity index (χ4n) is 3.87. The van der Waals surface area contributed by atoms with Gasteiger partial charge in [0.05, 0.1) is 18.8 Å². The number of nitrogens with zero attached hydrogens (tertiary/aromatic N) is 4. The van der Waals surface area contributed by atoms with Crippen LogP contribution in [0.5, 0.6) is 0 Å². The van der Waals surface area contributed by atoms with E-state index < -0.39 is 11.6 Å². The van der Waals surface area contributed by atoms with Crippen molar-refractivity contribution in [2.24, 2.45) is 0 Å². The Balaban J connectivity index is 1.53. The Morgan fingerprint density at radius 1 is 1.00 bits per heavy atom. The summed E-state index contributed by atoms with van der Waals surface area (Å²) in [6, 6.07) is 3.92. The Kier molecular flexibility index (Phi) is 5.17. The molecule has 0 amide bonds. The van der Waals surface area contributed by atoms with Crippen LogP contribution in [0.3, 0.4) is 0 Å². The smallest absolute Gasteiger partial charge is 0.224 e. The number of nitrogens with one attached hydrogen (secondary N) is 2. The van der Waals surface area contributed by atoms with Crippen molar-refractivity contribution in [3.05, 3.63) is 36.0 Å². The second-order valence-electron chi connectivity index (χ2n) is 7.48. The number of benzene rings is 1. The van der Waals surface area contributed by atoms with Gasteiger partial charge in [-0.15, -0.1) is 0 Å². The first-order valence-corrected chi connectivity index (χ1v) is 10.1. The molecule has 1 atom stereocenters. The van der Waals surface area contributed by atoms with E-state index >= 15 is 0 Å². The Labute approximate surface area is 171 Å². The maximum Gasteiger partial charge on any atom is 0.224 e. The Morgan fingerprint density at radius 2 is 1.77 bits per heavy atom. The van der Waals surface area contributed by atoms with E-state index in [1.807, 2.05) is 4.57 Å². The Bertz CT molecular complexity index is 1030. The first-order chi connectivity index (χ1) is 14.7. The highest BCUT2D eigenvalue weighted by Gasteiger charge is 2.26. The molecule has 2 aliphatic rings. The van der Waals surface area contributed by atoms with Gasteiger partial charge in [-0.05, 0) is 31.4 Å². The summed E-state index contributed by atoms with van der Waals surface area (Å²) < 4.78 is 41.2. The molecule has 4 heterocycles. The fourth-order valence-corrected chi connectivity index (χ4v) is 3.87. The highest BCUT2D eigenvalue weighted by molar-refractivity contribution is 5.76. The molecule has 30 heavy (non-hydrogen) atoms. The van der Waals surface area contributed by atoms with Gasteiger partial charge in [-0.1, -0.05) is 6.07 Å². The summed E-state index contributed by atoms with van der Waals surface area (Å²) in [4.78, 5) is 13.6. The molecule has 0 spiro atoms. The Morgan fingerprint density at radius 3 is 2.50 bits per heavy atom. The number of halogens is 2. The third-order valence-electron chi connectivity index (χ3n) is 5.46. The van der Waals surface area contributed by atoms with E-state index in [0.717, 1.165) is 19.3 Å².